The van der Waals surface area contributed by atoms with E-state index < -0.39 is 0 Å². The summed E-state index contributed by atoms with van der Waals surface area (Å²) in [6, 6.07) is 15.7. The molecule has 5 aromatic rings. The van der Waals surface area contributed by atoms with Gasteiger partial charge in [-0.25, -0.2) is 9.97 Å². The predicted molar refractivity (Wildman–Crippen MR) is 137 cm³/mol. The Morgan fingerprint density at radius 2 is 1.94 bits per heavy atom. The number of nitrogens with one attached hydrogen (secondary N) is 2. The first-order chi connectivity index (χ1) is 16.0. The number of anilines is 3. The number of rotatable bonds is 6. The highest BCUT2D eigenvalue weighted by atomic mass is 35.5. The number of thiazole rings is 1. The normalized spacial score (nSPS) is 11.0. The average Bonchev–Trinajstić information content (AvgIpc) is 3.39. The summed E-state index contributed by atoms with van der Waals surface area (Å²) < 4.78 is 2.01. The Balaban J connectivity index is 1.38. The largest absolute Gasteiger partial charge is 0.354 e. The fourth-order valence-corrected chi connectivity index (χ4v) is 4.78. The summed E-state index contributed by atoms with van der Waals surface area (Å²) in [5.41, 5.74) is 7.22. The third kappa shape index (κ3) is 4.20. The lowest BCUT2D eigenvalue weighted by Gasteiger charge is -2.12. The molecule has 0 saturated heterocycles. The summed E-state index contributed by atoms with van der Waals surface area (Å²) in [4.78, 5) is 14.5. The van der Waals surface area contributed by atoms with Crippen molar-refractivity contribution < 1.29 is 0 Å². The molecule has 0 amide bonds. The van der Waals surface area contributed by atoms with Crippen molar-refractivity contribution in [3.8, 4) is 10.6 Å². The number of imidazole rings is 1. The lowest BCUT2D eigenvalue weighted by molar-refractivity contribution is 1.19. The molecule has 0 aliphatic heterocycles. The Hall–Kier alpha value is -3.68. The lowest BCUT2D eigenvalue weighted by atomic mass is 10.1. The highest BCUT2D eigenvalue weighted by Gasteiger charge is 2.15. The van der Waals surface area contributed by atoms with Crippen molar-refractivity contribution in [2.24, 2.45) is 0 Å². The maximum Gasteiger partial charge on any atom is 0.187 e. The maximum atomic E-state index is 6.32. The van der Waals surface area contributed by atoms with Gasteiger partial charge in [-0.05, 0) is 55.8 Å². The Bertz CT molecular complexity index is 1490. The second kappa shape index (κ2) is 8.69. The molecule has 0 atom stereocenters. The second-order valence-corrected chi connectivity index (χ2v) is 9.01. The van der Waals surface area contributed by atoms with Gasteiger partial charge in [0.1, 0.15) is 0 Å². The van der Waals surface area contributed by atoms with Gasteiger partial charge in [0.2, 0.25) is 0 Å². The number of benzene rings is 1. The van der Waals surface area contributed by atoms with E-state index in [0.29, 0.717) is 5.02 Å². The van der Waals surface area contributed by atoms with Crippen molar-refractivity contribution in [3.05, 3.63) is 95.7 Å². The van der Waals surface area contributed by atoms with Gasteiger partial charge in [-0.2, -0.15) is 0 Å². The monoisotopic (exact) mass is 472 g/mol. The van der Waals surface area contributed by atoms with Gasteiger partial charge in [-0.15, -0.1) is 0 Å². The van der Waals surface area contributed by atoms with E-state index >= 15 is 0 Å². The number of aryl methyl sites for hydroxylation is 2. The summed E-state index contributed by atoms with van der Waals surface area (Å²) >= 11 is 7.89. The molecule has 0 radical (unpaired) electrons. The van der Waals surface area contributed by atoms with Crippen LogP contribution in [0, 0.1) is 13.8 Å². The van der Waals surface area contributed by atoms with E-state index in [-0.39, 0.29) is 0 Å². The van der Waals surface area contributed by atoms with E-state index in [4.69, 9.17) is 11.6 Å². The van der Waals surface area contributed by atoms with Crippen molar-refractivity contribution in [1.82, 2.24) is 19.4 Å². The summed E-state index contributed by atoms with van der Waals surface area (Å²) in [6.07, 6.45) is 5.61. The second-order valence-electron chi connectivity index (χ2n) is 7.57. The number of halogens is 1. The number of nitrogens with zero attached hydrogens (tertiary/aromatic N) is 4. The van der Waals surface area contributed by atoms with Gasteiger partial charge < -0.3 is 10.6 Å². The van der Waals surface area contributed by atoms with Crippen LogP contribution in [-0.2, 0) is 0 Å². The van der Waals surface area contributed by atoms with Crippen LogP contribution in [0.5, 0.6) is 0 Å². The summed E-state index contributed by atoms with van der Waals surface area (Å²) in [6.45, 7) is 8.14. The molecule has 0 aliphatic rings. The zero-order valence-electron chi connectivity index (χ0n) is 18.1. The van der Waals surface area contributed by atoms with Crippen LogP contribution in [0.25, 0.3) is 21.9 Å². The van der Waals surface area contributed by atoms with Crippen molar-refractivity contribution >= 4 is 50.8 Å². The average molecular weight is 473 g/mol. The van der Waals surface area contributed by atoms with Crippen LogP contribution in [0.4, 0.5) is 16.5 Å². The fourth-order valence-electron chi connectivity index (χ4n) is 3.65. The molecule has 0 aliphatic carbocycles. The van der Waals surface area contributed by atoms with Crippen LogP contribution in [0.15, 0.2) is 73.7 Å². The van der Waals surface area contributed by atoms with Gasteiger partial charge in [-0.3, -0.25) is 9.38 Å². The minimum absolute atomic E-state index is 0.627. The van der Waals surface area contributed by atoms with E-state index in [1.807, 2.05) is 79.2 Å². The fraction of sp³-hybridized carbons (Fsp3) is 0.0800. The SMILES string of the molecule is C=C(Nc1cccnc1C)c1cccc(Nc2ncc(-c3c(C)nc4c(Cl)cccn34)s2)c1. The Kier molecular flexibility index (Phi) is 5.58. The Morgan fingerprint density at radius 3 is 2.79 bits per heavy atom. The first-order valence-electron chi connectivity index (χ1n) is 10.3. The molecule has 0 fully saturated rings. The van der Waals surface area contributed by atoms with Gasteiger partial charge >= 0.3 is 0 Å². The molecule has 164 valence electrons. The number of hydrogen-bond donors (Lipinski definition) is 2. The molecule has 0 bridgehead atoms. The molecule has 4 aromatic heterocycles. The van der Waals surface area contributed by atoms with Gasteiger partial charge in [0, 0.05) is 30.0 Å². The molecular weight excluding hydrogens is 452 g/mol. The number of hydrogen-bond acceptors (Lipinski definition) is 6. The molecule has 4 heterocycles. The zero-order chi connectivity index (χ0) is 22.9. The highest BCUT2D eigenvalue weighted by molar-refractivity contribution is 7.18. The minimum Gasteiger partial charge on any atom is -0.354 e. The smallest absolute Gasteiger partial charge is 0.187 e. The van der Waals surface area contributed by atoms with Crippen LogP contribution in [0.2, 0.25) is 5.02 Å². The maximum absolute atomic E-state index is 6.32. The summed E-state index contributed by atoms with van der Waals surface area (Å²) in [5, 5.41) is 8.17. The molecule has 2 N–H and O–H groups in total. The Labute approximate surface area is 200 Å². The van der Waals surface area contributed by atoms with Gasteiger partial charge in [0.25, 0.3) is 0 Å². The zero-order valence-corrected chi connectivity index (χ0v) is 19.7. The highest BCUT2D eigenvalue weighted by Crippen LogP contribution is 2.34. The van der Waals surface area contributed by atoms with E-state index in [0.717, 1.165) is 55.4 Å². The topological polar surface area (TPSA) is 67.1 Å². The first-order valence-corrected chi connectivity index (χ1v) is 11.5. The van der Waals surface area contributed by atoms with Gasteiger partial charge in [0.05, 0.1) is 32.7 Å². The molecule has 0 saturated carbocycles. The molecule has 5 rings (SSSR count). The van der Waals surface area contributed by atoms with Crippen molar-refractivity contribution in [1.29, 1.82) is 0 Å². The molecule has 8 heteroatoms. The lowest BCUT2D eigenvalue weighted by Crippen LogP contribution is -2.00. The summed E-state index contributed by atoms with van der Waals surface area (Å²) in [5.74, 6) is 0. The number of pyridine rings is 2. The molecular formula is C25H21ClN6S. The van der Waals surface area contributed by atoms with E-state index in [1.165, 1.54) is 0 Å². The number of fused-ring (bicyclic) bond motifs is 1. The van der Waals surface area contributed by atoms with Gasteiger partial charge in [-0.1, -0.05) is 41.6 Å². The number of aromatic nitrogens is 4. The van der Waals surface area contributed by atoms with E-state index in [9.17, 15) is 0 Å². The van der Waals surface area contributed by atoms with E-state index in [1.54, 1.807) is 17.5 Å². The third-order valence-corrected chi connectivity index (χ3v) is 6.49. The van der Waals surface area contributed by atoms with Crippen LogP contribution >= 0.6 is 22.9 Å². The van der Waals surface area contributed by atoms with E-state index in [2.05, 4.69) is 32.2 Å². The summed E-state index contributed by atoms with van der Waals surface area (Å²) in [7, 11) is 0. The first kappa shape index (κ1) is 21.2. The minimum atomic E-state index is 0.627. The van der Waals surface area contributed by atoms with Crippen molar-refractivity contribution in [3.63, 3.8) is 0 Å². The van der Waals surface area contributed by atoms with Crippen molar-refractivity contribution in [2.75, 3.05) is 10.6 Å². The molecule has 6 nitrogen and oxygen atoms in total. The third-order valence-electron chi connectivity index (χ3n) is 5.27. The van der Waals surface area contributed by atoms with Crippen LogP contribution in [0.3, 0.4) is 0 Å². The van der Waals surface area contributed by atoms with Crippen LogP contribution in [-0.4, -0.2) is 19.4 Å². The predicted octanol–water partition coefficient (Wildman–Crippen LogP) is 6.95. The molecule has 33 heavy (non-hydrogen) atoms. The quantitative estimate of drug-likeness (QED) is 0.280. The van der Waals surface area contributed by atoms with Crippen LogP contribution in [0.1, 0.15) is 17.0 Å². The Morgan fingerprint density at radius 1 is 1.06 bits per heavy atom. The molecule has 0 spiro atoms. The standard InChI is InChI=1S/C25H21ClN6S/c1-15(29-21-10-5-11-27-16(21)2)18-7-4-8-19(13-18)31-25-28-14-22(33-25)23-17(3)30-24-20(26)9-6-12-32(23)24/h4-14,29H,1H2,2-3H3,(H,28,31). The van der Waals surface area contributed by atoms with Crippen molar-refractivity contribution in [2.45, 2.75) is 13.8 Å². The molecule has 1 aromatic carbocycles. The van der Waals surface area contributed by atoms with Gasteiger partial charge in [0.15, 0.2) is 10.8 Å². The molecule has 0 unspecified atom stereocenters. The van der Waals surface area contributed by atoms with Crippen LogP contribution < -0.4 is 10.6 Å².